The molecule has 0 aliphatic carbocycles. The molecule has 1 amide bonds. The lowest BCUT2D eigenvalue weighted by molar-refractivity contribution is -0.162. The van der Waals surface area contributed by atoms with E-state index in [0.29, 0.717) is 10.8 Å². The number of amides is 1. The number of ether oxygens (including phenoxy) is 2. The van der Waals surface area contributed by atoms with Crippen molar-refractivity contribution in [2.45, 2.75) is 76.9 Å². The summed E-state index contributed by atoms with van der Waals surface area (Å²) in [4.78, 5) is 11.4. The molecule has 136 valence electrons. The molecule has 0 spiro atoms. The Balaban J connectivity index is 1.35. The van der Waals surface area contributed by atoms with Crippen molar-refractivity contribution in [2.75, 3.05) is 13.2 Å². The number of allylic oxidation sites excluding steroid dienone is 1. The highest BCUT2D eigenvalue weighted by atomic mass is 32.1. The van der Waals surface area contributed by atoms with Crippen molar-refractivity contribution in [3.63, 3.8) is 0 Å². The Morgan fingerprint density at radius 1 is 1.08 bits per heavy atom. The molecule has 2 saturated heterocycles. The normalized spacial score (nSPS) is 22.7. The number of carbonyl (C=O) groups excluding carboxylic acids is 1. The van der Waals surface area contributed by atoms with Gasteiger partial charge in [-0.05, 0) is 50.7 Å². The topological polar surface area (TPSA) is 59.6 Å². The predicted octanol–water partition coefficient (Wildman–Crippen LogP) is 3.54. The van der Waals surface area contributed by atoms with Crippen LogP contribution >= 0.6 is 12.2 Å². The second-order valence-corrected chi connectivity index (χ2v) is 6.86. The van der Waals surface area contributed by atoms with Crippen LogP contribution in [0.5, 0.6) is 0 Å². The van der Waals surface area contributed by atoms with Gasteiger partial charge in [-0.2, -0.15) is 0 Å². The molecule has 5 nitrogen and oxygen atoms in total. The molecule has 2 aliphatic heterocycles. The standard InChI is InChI=1S/C18H30N2O3S/c21-17-15(19-18(24)20-17)11-7-5-3-1-2-4-6-9-13-22-16-12-8-10-14-23-16/h11,16H,1-10,12-14H2,(H2,19,20,21,24)/b15-11-. The first-order valence-corrected chi connectivity index (χ1v) is 9.72. The molecular formula is C18H30N2O3S. The first kappa shape index (κ1) is 19.3. The summed E-state index contributed by atoms with van der Waals surface area (Å²) in [6.45, 7) is 1.68. The minimum atomic E-state index is -0.110. The van der Waals surface area contributed by atoms with Crippen LogP contribution in [0.3, 0.4) is 0 Å². The van der Waals surface area contributed by atoms with E-state index in [1.807, 2.05) is 6.08 Å². The molecule has 2 heterocycles. The van der Waals surface area contributed by atoms with Gasteiger partial charge >= 0.3 is 0 Å². The lowest BCUT2D eigenvalue weighted by atomic mass is 10.1. The molecule has 1 unspecified atom stereocenters. The van der Waals surface area contributed by atoms with Crippen molar-refractivity contribution >= 4 is 23.2 Å². The Morgan fingerprint density at radius 3 is 2.50 bits per heavy atom. The molecule has 2 aliphatic rings. The van der Waals surface area contributed by atoms with Gasteiger partial charge in [0, 0.05) is 13.2 Å². The number of unbranched alkanes of at least 4 members (excludes halogenated alkanes) is 7. The summed E-state index contributed by atoms with van der Waals surface area (Å²) >= 11 is 4.89. The second-order valence-electron chi connectivity index (χ2n) is 6.46. The summed E-state index contributed by atoms with van der Waals surface area (Å²) in [7, 11) is 0. The van der Waals surface area contributed by atoms with Crippen molar-refractivity contribution in [1.29, 1.82) is 0 Å². The lowest BCUT2D eigenvalue weighted by Crippen LogP contribution is -2.22. The summed E-state index contributed by atoms with van der Waals surface area (Å²) in [5.41, 5.74) is 0.599. The molecular weight excluding hydrogens is 324 g/mol. The van der Waals surface area contributed by atoms with Crippen molar-refractivity contribution in [2.24, 2.45) is 0 Å². The van der Waals surface area contributed by atoms with E-state index in [-0.39, 0.29) is 12.2 Å². The summed E-state index contributed by atoms with van der Waals surface area (Å²) in [5.74, 6) is -0.110. The van der Waals surface area contributed by atoms with Crippen LogP contribution in [-0.4, -0.2) is 30.5 Å². The summed E-state index contributed by atoms with van der Waals surface area (Å²) < 4.78 is 11.3. The van der Waals surface area contributed by atoms with Gasteiger partial charge in [0.05, 0.1) is 0 Å². The molecule has 2 N–H and O–H groups in total. The van der Waals surface area contributed by atoms with Crippen LogP contribution in [0.1, 0.15) is 70.6 Å². The van der Waals surface area contributed by atoms with E-state index in [4.69, 9.17) is 21.7 Å². The van der Waals surface area contributed by atoms with Crippen LogP contribution in [0.15, 0.2) is 11.8 Å². The molecule has 2 fully saturated rings. The Kier molecular flexibility index (Phi) is 9.31. The third-order valence-corrected chi connectivity index (χ3v) is 4.56. The fourth-order valence-corrected chi connectivity index (χ4v) is 3.16. The second kappa shape index (κ2) is 11.6. The van der Waals surface area contributed by atoms with Gasteiger partial charge in [0.25, 0.3) is 5.91 Å². The van der Waals surface area contributed by atoms with Gasteiger partial charge in [0.1, 0.15) is 5.70 Å². The molecule has 1 atom stereocenters. The van der Waals surface area contributed by atoms with Crippen LogP contribution in [0.25, 0.3) is 0 Å². The van der Waals surface area contributed by atoms with Gasteiger partial charge in [0.2, 0.25) is 0 Å². The SMILES string of the molecule is O=C1NC(=S)N/C1=C\CCCCCCCCCOC1CCCCO1. The van der Waals surface area contributed by atoms with Crippen molar-refractivity contribution < 1.29 is 14.3 Å². The first-order chi connectivity index (χ1) is 11.8. The maximum absolute atomic E-state index is 11.4. The average Bonchev–Trinajstić information content (AvgIpc) is 2.91. The molecule has 0 radical (unpaired) electrons. The van der Waals surface area contributed by atoms with Crippen LogP contribution in [-0.2, 0) is 14.3 Å². The number of carbonyl (C=O) groups is 1. The molecule has 0 saturated carbocycles. The lowest BCUT2D eigenvalue weighted by Gasteiger charge is -2.22. The van der Waals surface area contributed by atoms with Crippen LogP contribution < -0.4 is 10.6 Å². The van der Waals surface area contributed by atoms with E-state index >= 15 is 0 Å². The van der Waals surface area contributed by atoms with E-state index in [1.54, 1.807) is 0 Å². The number of thiocarbonyl (C=S) groups is 1. The molecule has 0 bridgehead atoms. The molecule has 0 aromatic rings. The fraction of sp³-hybridized carbons (Fsp3) is 0.778. The Labute approximate surface area is 150 Å². The zero-order valence-corrected chi connectivity index (χ0v) is 15.3. The zero-order valence-electron chi connectivity index (χ0n) is 14.5. The van der Waals surface area contributed by atoms with Gasteiger partial charge in [-0.15, -0.1) is 0 Å². The third kappa shape index (κ3) is 7.73. The summed E-state index contributed by atoms with van der Waals surface area (Å²) in [5, 5.41) is 5.85. The van der Waals surface area contributed by atoms with Gasteiger partial charge in [-0.25, -0.2) is 0 Å². The van der Waals surface area contributed by atoms with Crippen LogP contribution in [0.4, 0.5) is 0 Å². The highest BCUT2D eigenvalue weighted by Gasteiger charge is 2.19. The highest BCUT2D eigenvalue weighted by molar-refractivity contribution is 7.80. The molecule has 2 rings (SSSR count). The summed E-state index contributed by atoms with van der Waals surface area (Å²) in [6, 6.07) is 0. The molecule has 0 aromatic carbocycles. The van der Waals surface area contributed by atoms with Crippen LogP contribution in [0, 0.1) is 0 Å². The van der Waals surface area contributed by atoms with E-state index in [0.717, 1.165) is 38.9 Å². The maximum Gasteiger partial charge on any atom is 0.273 e. The predicted molar refractivity (Wildman–Crippen MR) is 98.4 cm³/mol. The number of hydrogen-bond acceptors (Lipinski definition) is 4. The zero-order chi connectivity index (χ0) is 17.0. The van der Waals surface area contributed by atoms with Crippen molar-refractivity contribution in [1.82, 2.24) is 10.6 Å². The Hall–Kier alpha value is -0.980. The average molecular weight is 355 g/mol. The minimum Gasteiger partial charge on any atom is -0.353 e. The Morgan fingerprint density at radius 2 is 1.83 bits per heavy atom. The largest absolute Gasteiger partial charge is 0.353 e. The quantitative estimate of drug-likeness (QED) is 0.338. The van der Waals surface area contributed by atoms with Gasteiger partial charge in [0.15, 0.2) is 11.4 Å². The van der Waals surface area contributed by atoms with E-state index in [9.17, 15) is 4.79 Å². The van der Waals surface area contributed by atoms with Crippen molar-refractivity contribution in [3.8, 4) is 0 Å². The first-order valence-electron chi connectivity index (χ1n) is 9.31. The van der Waals surface area contributed by atoms with Gasteiger partial charge in [-0.1, -0.05) is 38.2 Å². The fourth-order valence-electron chi connectivity index (χ4n) is 2.96. The Bertz CT molecular complexity index is 434. The van der Waals surface area contributed by atoms with Crippen LogP contribution in [0.2, 0.25) is 0 Å². The van der Waals surface area contributed by atoms with E-state index in [2.05, 4.69) is 10.6 Å². The molecule has 0 aromatic heterocycles. The molecule has 6 heteroatoms. The number of hydrogen-bond donors (Lipinski definition) is 2. The highest BCUT2D eigenvalue weighted by Crippen LogP contribution is 2.15. The smallest absolute Gasteiger partial charge is 0.273 e. The monoisotopic (exact) mass is 354 g/mol. The third-order valence-electron chi connectivity index (χ3n) is 4.36. The van der Waals surface area contributed by atoms with E-state index < -0.39 is 0 Å². The summed E-state index contributed by atoms with van der Waals surface area (Å²) in [6.07, 6.45) is 14.9. The van der Waals surface area contributed by atoms with Gasteiger partial charge in [-0.3, -0.25) is 10.1 Å². The van der Waals surface area contributed by atoms with E-state index in [1.165, 1.54) is 44.9 Å². The maximum atomic E-state index is 11.4. The number of nitrogens with one attached hydrogen (secondary N) is 2. The molecule has 24 heavy (non-hydrogen) atoms. The minimum absolute atomic E-state index is 0.0543. The van der Waals surface area contributed by atoms with Gasteiger partial charge < -0.3 is 14.8 Å². The number of rotatable bonds is 11. The van der Waals surface area contributed by atoms with Crippen molar-refractivity contribution in [3.05, 3.63) is 11.8 Å².